The number of aryl methyl sites for hydroxylation is 1. The van der Waals surface area contributed by atoms with E-state index in [4.69, 9.17) is 0 Å². The molecule has 0 fully saturated rings. The smallest absolute Gasteiger partial charge is 0.222 e. The summed E-state index contributed by atoms with van der Waals surface area (Å²) in [6.07, 6.45) is 1.24. The van der Waals surface area contributed by atoms with Crippen molar-refractivity contribution in [2.45, 2.75) is 32.7 Å². The van der Waals surface area contributed by atoms with Crippen molar-refractivity contribution in [3.05, 3.63) is 35.6 Å². The predicted octanol–water partition coefficient (Wildman–Crippen LogP) is 2.12. The van der Waals surface area contributed by atoms with Crippen molar-refractivity contribution in [1.29, 1.82) is 0 Å². The maximum Gasteiger partial charge on any atom is 0.222 e. The number of amides is 1. The molecule has 0 saturated carbocycles. The van der Waals surface area contributed by atoms with Gasteiger partial charge in [-0.15, -0.1) is 0 Å². The van der Waals surface area contributed by atoms with Gasteiger partial charge >= 0.3 is 0 Å². The summed E-state index contributed by atoms with van der Waals surface area (Å²) < 4.78 is 13.4. The van der Waals surface area contributed by atoms with Crippen LogP contribution in [-0.2, 0) is 11.2 Å². The monoisotopic (exact) mass is 266 g/mol. The molecule has 0 aliphatic carbocycles. The van der Waals surface area contributed by atoms with E-state index in [-0.39, 0.29) is 23.7 Å². The molecule has 106 valence electrons. The van der Waals surface area contributed by atoms with Gasteiger partial charge < -0.3 is 10.6 Å². The Kier molecular flexibility index (Phi) is 6.50. The van der Waals surface area contributed by atoms with Gasteiger partial charge in [-0.2, -0.15) is 0 Å². The largest absolute Gasteiger partial charge is 0.354 e. The van der Waals surface area contributed by atoms with Crippen LogP contribution in [0.3, 0.4) is 0 Å². The van der Waals surface area contributed by atoms with Crippen molar-refractivity contribution >= 4 is 5.91 Å². The standard InChI is InChI=1S/C15H23FN2O/c1-11(15(19)18-10-12(2)17-3)8-9-13-6-4-5-7-14(13)16/h4-7,11-12,17H,8-10H2,1-3H3,(H,18,19). The van der Waals surface area contributed by atoms with E-state index >= 15 is 0 Å². The second kappa shape index (κ2) is 7.89. The van der Waals surface area contributed by atoms with Gasteiger partial charge in [0.2, 0.25) is 5.91 Å². The van der Waals surface area contributed by atoms with Crippen LogP contribution in [0.25, 0.3) is 0 Å². The third-order valence-corrected chi connectivity index (χ3v) is 3.33. The number of hydrogen-bond donors (Lipinski definition) is 2. The van der Waals surface area contributed by atoms with Crippen LogP contribution in [0.15, 0.2) is 24.3 Å². The highest BCUT2D eigenvalue weighted by atomic mass is 19.1. The maximum atomic E-state index is 13.4. The van der Waals surface area contributed by atoms with E-state index in [9.17, 15) is 9.18 Å². The molecule has 4 heteroatoms. The summed E-state index contributed by atoms with van der Waals surface area (Å²) in [6.45, 7) is 4.49. The minimum atomic E-state index is -0.195. The minimum Gasteiger partial charge on any atom is -0.354 e. The fraction of sp³-hybridized carbons (Fsp3) is 0.533. The highest BCUT2D eigenvalue weighted by Crippen LogP contribution is 2.13. The van der Waals surface area contributed by atoms with Crippen LogP contribution in [0.2, 0.25) is 0 Å². The molecular weight excluding hydrogens is 243 g/mol. The Balaban J connectivity index is 2.36. The summed E-state index contributed by atoms with van der Waals surface area (Å²) in [5.41, 5.74) is 0.672. The van der Waals surface area contributed by atoms with Crippen molar-refractivity contribution < 1.29 is 9.18 Å². The fourth-order valence-corrected chi connectivity index (χ4v) is 1.73. The Bertz CT molecular complexity index is 409. The first-order valence-electron chi connectivity index (χ1n) is 6.73. The van der Waals surface area contributed by atoms with Crippen molar-refractivity contribution in [3.8, 4) is 0 Å². The second-order valence-electron chi connectivity index (χ2n) is 4.97. The van der Waals surface area contributed by atoms with Gasteiger partial charge in [0.1, 0.15) is 5.82 Å². The van der Waals surface area contributed by atoms with Gasteiger partial charge in [0.05, 0.1) is 0 Å². The molecule has 0 aliphatic rings. The number of likely N-dealkylation sites (N-methyl/N-ethyl adjacent to an activating group) is 1. The first-order chi connectivity index (χ1) is 9.04. The Hall–Kier alpha value is -1.42. The topological polar surface area (TPSA) is 41.1 Å². The van der Waals surface area contributed by atoms with E-state index in [2.05, 4.69) is 10.6 Å². The zero-order chi connectivity index (χ0) is 14.3. The molecule has 0 heterocycles. The van der Waals surface area contributed by atoms with Crippen LogP contribution in [0, 0.1) is 11.7 Å². The summed E-state index contributed by atoms with van der Waals surface area (Å²) in [6, 6.07) is 6.96. The lowest BCUT2D eigenvalue weighted by atomic mass is 10.00. The summed E-state index contributed by atoms with van der Waals surface area (Å²) in [5, 5.41) is 5.95. The first kappa shape index (κ1) is 15.6. The third kappa shape index (κ3) is 5.39. The summed E-state index contributed by atoms with van der Waals surface area (Å²) in [7, 11) is 1.86. The highest BCUT2D eigenvalue weighted by molar-refractivity contribution is 5.78. The average Bonchev–Trinajstić information content (AvgIpc) is 2.43. The average molecular weight is 266 g/mol. The Labute approximate surface area is 114 Å². The number of nitrogens with one attached hydrogen (secondary N) is 2. The van der Waals surface area contributed by atoms with Gasteiger partial charge in [-0.1, -0.05) is 25.1 Å². The van der Waals surface area contributed by atoms with Crippen LogP contribution in [0.5, 0.6) is 0 Å². The number of carbonyl (C=O) groups excluding carboxylic acids is 1. The Morgan fingerprint density at radius 1 is 1.32 bits per heavy atom. The number of benzene rings is 1. The van der Waals surface area contributed by atoms with E-state index in [1.165, 1.54) is 6.07 Å². The second-order valence-corrected chi connectivity index (χ2v) is 4.97. The van der Waals surface area contributed by atoms with Crippen LogP contribution in [0.4, 0.5) is 4.39 Å². The van der Waals surface area contributed by atoms with E-state index in [0.29, 0.717) is 24.9 Å². The van der Waals surface area contributed by atoms with Gasteiger partial charge in [-0.25, -0.2) is 4.39 Å². The summed E-state index contributed by atoms with van der Waals surface area (Å²) in [5.74, 6) is -0.277. The number of halogens is 1. The molecular formula is C15H23FN2O. The molecule has 2 unspecified atom stereocenters. The van der Waals surface area contributed by atoms with E-state index in [0.717, 1.165) is 0 Å². The number of rotatable bonds is 7. The maximum absolute atomic E-state index is 13.4. The highest BCUT2D eigenvalue weighted by Gasteiger charge is 2.14. The summed E-state index contributed by atoms with van der Waals surface area (Å²) >= 11 is 0. The van der Waals surface area contributed by atoms with Crippen LogP contribution in [0.1, 0.15) is 25.8 Å². The zero-order valence-electron chi connectivity index (χ0n) is 11.9. The van der Waals surface area contributed by atoms with Gasteiger partial charge in [-0.3, -0.25) is 4.79 Å². The zero-order valence-corrected chi connectivity index (χ0v) is 11.9. The predicted molar refractivity (Wildman–Crippen MR) is 75.4 cm³/mol. The third-order valence-electron chi connectivity index (χ3n) is 3.33. The van der Waals surface area contributed by atoms with Crippen LogP contribution >= 0.6 is 0 Å². The minimum absolute atomic E-state index is 0.0263. The Morgan fingerprint density at radius 3 is 2.63 bits per heavy atom. The lowest BCUT2D eigenvalue weighted by Crippen LogP contribution is -2.39. The van der Waals surface area contributed by atoms with Gasteiger partial charge in [0.25, 0.3) is 0 Å². The molecule has 2 N–H and O–H groups in total. The molecule has 0 bridgehead atoms. The molecule has 0 aromatic heterocycles. The molecule has 19 heavy (non-hydrogen) atoms. The lowest BCUT2D eigenvalue weighted by Gasteiger charge is -2.15. The van der Waals surface area contributed by atoms with Crippen molar-refractivity contribution in [2.75, 3.05) is 13.6 Å². The molecule has 0 aliphatic heterocycles. The molecule has 0 saturated heterocycles. The van der Waals surface area contributed by atoms with Crippen molar-refractivity contribution in [3.63, 3.8) is 0 Å². The van der Waals surface area contributed by atoms with E-state index < -0.39 is 0 Å². The first-order valence-corrected chi connectivity index (χ1v) is 6.73. The van der Waals surface area contributed by atoms with Crippen molar-refractivity contribution in [2.24, 2.45) is 5.92 Å². The SMILES string of the molecule is CNC(C)CNC(=O)C(C)CCc1ccccc1F. The quantitative estimate of drug-likeness (QED) is 0.793. The van der Waals surface area contributed by atoms with Crippen LogP contribution in [-0.4, -0.2) is 25.5 Å². The molecule has 0 spiro atoms. The molecule has 0 radical (unpaired) electrons. The molecule has 3 nitrogen and oxygen atoms in total. The van der Waals surface area contributed by atoms with Crippen LogP contribution < -0.4 is 10.6 Å². The van der Waals surface area contributed by atoms with Gasteiger partial charge in [0, 0.05) is 18.5 Å². The van der Waals surface area contributed by atoms with E-state index in [1.807, 2.05) is 27.0 Å². The number of carbonyl (C=O) groups is 1. The molecule has 1 rings (SSSR count). The Morgan fingerprint density at radius 2 is 2.00 bits per heavy atom. The van der Waals surface area contributed by atoms with Gasteiger partial charge in [-0.05, 0) is 38.4 Å². The fourth-order valence-electron chi connectivity index (χ4n) is 1.73. The molecule has 2 atom stereocenters. The molecule has 1 aromatic carbocycles. The normalized spacial score (nSPS) is 13.9. The lowest BCUT2D eigenvalue weighted by molar-refractivity contribution is -0.124. The van der Waals surface area contributed by atoms with E-state index in [1.54, 1.807) is 12.1 Å². The number of hydrogen-bond acceptors (Lipinski definition) is 2. The molecule has 1 amide bonds. The van der Waals surface area contributed by atoms with Gasteiger partial charge in [0.15, 0.2) is 0 Å². The van der Waals surface area contributed by atoms with Crippen molar-refractivity contribution in [1.82, 2.24) is 10.6 Å². The molecule has 1 aromatic rings. The summed E-state index contributed by atoms with van der Waals surface area (Å²) in [4.78, 5) is 11.8.